The van der Waals surface area contributed by atoms with Crippen molar-refractivity contribution in [3.63, 3.8) is 0 Å². The summed E-state index contributed by atoms with van der Waals surface area (Å²) < 4.78 is 16.2. The van der Waals surface area contributed by atoms with E-state index in [1.165, 1.54) is 5.56 Å². The van der Waals surface area contributed by atoms with E-state index in [-0.39, 0.29) is 0 Å². The molecule has 29 heavy (non-hydrogen) atoms. The normalized spacial score (nSPS) is 10.8. The van der Waals surface area contributed by atoms with Gasteiger partial charge in [-0.05, 0) is 60.8 Å². The second-order valence-electron chi connectivity index (χ2n) is 6.88. The van der Waals surface area contributed by atoms with Gasteiger partial charge in [-0.3, -0.25) is 0 Å². The van der Waals surface area contributed by atoms with Crippen LogP contribution in [0.3, 0.4) is 0 Å². The first kappa shape index (κ1) is 18.8. The summed E-state index contributed by atoms with van der Waals surface area (Å²) in [5, 5.41) is 2.26. The highest BCUT2D eigenvalue weighted by atomic mass is 16.5. The van der Waals surface area contributed by atoms with E-state index in [1.807, 2.05) is 42.5 Å². The maximum atomic E-state index is 5.48. The van der Waals surface area contributed by atoms with Crippen LogP contribution in [0.2, 0.25) is 0 Å². The lowest BCUT2D eigenvalue weighted by Gasteiger charge is -2.13. The summed E-state index contributed by atoms with van der Waals surface area (Å²) >= 11 is 0. The van der Waals surface area contributed by atoms with Crippen LogP contribution in [-0.2, 0) is 0 Å². The van der Waals surface area contributed by atoms with Gasteiger partial charge in [0, 0.05) is 16.5 Å². The van der Waals surface area contributed by atoms with Crippen molar-refractivity contribution in [2.75, 3.05) is 21.3 Å². The molecule has 0 aliphatic heterocycles. The van der Waals surface area contributed by atoms with E-state index in [4.69, 9.17) is 19.2 Å². The molecular weight excluding hydrogens is 362 g/mol. The summed E-state index contributed by atoms with van der Waals surface area (Å²) in [6.07, 6.45) is 0. The molecule has 0 N–H and O–H groups in total. The van der Waals surface area contributed by atoms with E-state index in [9.17, 15) is 0 Å². The minimum Gasteiger partial charge on any atom is -0.497 e. The van der Waals surface area contributed by atoms with E-state index in [1.54, 1.807) is 21.3 Å². The number of hydrogen-bond donors (Lipinski definition) is 0. The van der Waals surface area contributed by atoms with Gasteiger partial charge >= 0.3 is 0 Å². The number of fused-ring (bicyclic) bond motifs is 1. The van der Waals surface area contributed by atoms with Gasteiger partial charge in [0.15, 0.2) is 11.5 Å². The number of methoxy groups -OCH3 is 3. The third-order valence-corrected chi connectivity index (χ3v) is 5.03. The van der Waals surface area contributed by atoms with Crippen LogP contribution in [0.5, 0.6) is 17.2 Å². The molecule has 1 heterocycles. The highest BCUT2D eigenvalue weighted by Crippen LogP contribution is 2.35. The Labute approximate surface area is 170 Å². The average molecular weight is 385 g/mol. The van der Waals surface area contributed by atoms with Gasteiger partial charge < -0.3 is 14.2 Å². The molecule has 0 bridgehead atoms. The fourth-order valence-electron chi connectivity index (χ4n) is 3.49. The van der Waals surface area contributed by atoms with Crippen molar-refractivity contribution in [2.24, 2.45) is 0 Å². The molecule has 0 saturated heterocycles. The van der Waals surface area contributed by atoms with E-state index in [0.717, 1.165) is 39.0 Å². The van der Waals surface area contributed by atoms with E-state index < -0.39 is 0 Å². The topological polar surface area (TPSA) is 40.6 Å². The zero-order chi connectivity index (χ0) is 20.4. The minimum atomic E-state index is 0.683. The van der Waals surface area contributed by atoms with Crippen molar-refractivity contribution in [3.8, 4) is 39.8 Å². The fourth-order valence-corrected chi connectivity index (χ4v) is 3.49. The van der Waals surface area contributed by atoms with Crippen LogP contribution in [0.1, 0.15) is 5.56 Å². The summed E-state index contributed by atoms with van der Waals surface area (Å²) in [7, 11) is 4.95. The molecule has 0 aliphatic rings. The number of aryl methyl sites for hydroxylation is 1. The third-order valence-electron chi connectivity index (χ3n) is 5.03. The van der Waals surface area contributed by atoms with Crippen LogP contribution < -0.4 is 14.2 Å². The molecule has 0 atom stereocenters. The summed E-state index contributed by atoms with van der Waals surface area (Å²) in [4.78, 5) is 5.02. The molecule has 0 aliphatic carbocycles. The Bertz CT molecular complexity index is 1170. The number of nitrogens with zero attached hydrogens (tertiary/aromatic N) is 1. The smallest absolute Gasteiger partial charge is 0.161 e. The van der Waals surface area contributed by atoms with Gasteiger partial charge in [-0.25, -0.2) is 4.98 Å². The molecule has 4 nitrogen and oxygen atoms in total. The third kappa shape index (κ3) is 3.61. The van der Waals surface area contributed by atoms with Crippen molar-refractivity contribution >= 4 is 10.8 Å². The number of rotatable bonds is 5. The van der Waals surface area contributed by atoms with Crippen LogP contribution in [0.4, 0.5) is 0 Å². The van der Waals surface area contributed by atoms with Gasteiger partial charge in [-0.15, -0.1) is 0 Å². The number of hydrogen-bond acceptors (Lipinski definition) is 4. The molecule has 0 saturated carbocycles. The van der Waals surface area contributed by atoms with Gasteiger partial charge in [-0.1, -0.05) is 23.8 Å². The Kier molecular flexibility index (Phi) is 5.09. The maximum absolute atomic E-state index is 5.48. The van der Waals surface area contributed by atoms with Crippen molar-refractivity contribution in [1.82, 2.24) is 4.98 Å². The lowest BCUT2D eigenvalue weighted by molar-refractivity contribution is 0.355. The molecule has 146 valence electrons. The number of benzene rings is 3. The molecule has 0 unspecified atom stereocenters. The number of aromatic nitrogens is 1. The van der Waals surface area contributed by atoms with Gasteiger partial charge in [0.1, 0.15) is 5.75 Å². The van der Waals surface area contributed by atoms with Crippen LogP contribution in [0, 0.1) is 6.92 Å². The molecular formula is C25H23NO3. The molecule has 0 amide bonds. The second-order valence-corrected chi connectivity index (χ2v) is 6.88. The summed E-state index contributed by atoms with van der Waals surface area (Å²) in [5.74, 6) is 2.20. The summed E-state index contributed by atoms with van der Waals surface area (Å²) in [5.41, 5.74) is 5.05. The quantitative estimate of drug-likeness (QED) is 0.429. The second kappa shape index (κ2) is 7.84. The summed E-state index contributed by atoms with van der Waals surface area (Å²) in [6, 6.07) is 22.4. The first-order valence-corrected chi connectivity index (χ1v) is 9.41. The highest BCUT2D eigenvalue weighted by molar-refractivity contribution is 5.97. The number of ether oxygens (including phenoxy) is 3. The molecule has 0 spiro atoms. The van der Waals surface area contributed by atoms with E-state index >= 15 is 0 Å². The molecule has 4 rings (SSSR count). The van der Waals surface area contributed by atoms with Crippen LogP contribution in [0.25, 0.3) is 33.3 Å². The molecule has 4 aromatic rings. The van der Waals surface area contributed by atoms with Gasteiger partial charge in [0.25, 0.3) is 0 Å². The van der Waals surface area contributed by atoms with Crippen LogP contribution in [0.15, 0.2) is 66.7 Å². The molecule has 3 aromatic carbocycles. The monoisotopic (exact) mass is 385 g/mol. The lowest BCUT2D eigenvalue weighted by Crippen LogP contribution is -1.94. The average Bonchev–Trinajstić information content (AvgIpc) is 2.77. The zero-order valence-electron chi connectivity index (χ0n) is 17.0. The molecule has 0 radical (unpaired) electrons. The van der Waals surface area contributed by atoms with Crippen LogP contribution >= 0.6 is 0 Å². The first-order valence-electron chi connectivity index (χ1n) is 9.41. The predicted octanol–water partition coefficient (Wildman–Crippen LogP) is 5.90. The Hall–Kier alpha value is -3.53. The van der Waals surface area contributed by atoms with Crippen molar-refractivity contribution in [1.29, 1.82) is 0 Å². The Morgan fingerprint density at radius 3 is 2.07 bits per heavy atom. The molecule has 0 fully saturated rings. The number of pyridine rings is 1. The van der Waals surface area contributed by atoms with Crippen molar-refractivity contribution < 1.29 is 14.2 Å². The summed E-state index contributed by atoms with van der Waals surface area (Å²) in [6.45, 7) is 2.10. The fraction of sp³-hybridized carbons (Fsp3) is 0.160. The Morgan fingerprint density at radius 2 is 1.38 bits per heavy atom. The lowest BCUT2D eigenvalue weighted by atomic mass is 9.99. The van der Waals surface area contributed by atoms with E-state index in [2.05, 4.69) is 31.2 Å². The Morgan fingerprint density at radius 1 is 0.655 bits per heavy atom. The maximum Gasteiger partial charge on any atom is 0.161 e. The Balaban J connectivity index is 1.93. The van der Waals surface area contributed by atoms with Crippen LogP contribution in [-0.4, -0.2) is 26.3 Å². The van der Waals surface area contributed by atoms with Gasteiger partial charge in [0.05, 0.1) is 32.7 Å². The standard InChI is InChI=1S/C25H23NO3/c1-16-5-11-21-19(13-16)14-22(18-8-12-23(28-3)24(15-18)29-4)26-25(21)17-6-9-20(27-2)10-7-17/h5-15H,1-4H3. The van der Waals surface area contributed by atoms with Crippen molar-refractivity contribution in [3.05, 3.63) is 72.3 Å². The van der Waals surface area contributed by atoms with E-state index in [0.29, 0.717) is 11.5 Å². The molecule has 1 aromatic heterocycles. The predicted molar refractivity (Wildman–Crippen MR) is 117 cm³/mol. The first-order chi connectivity index (χ1) is 14.1. The largest absolute Gasteiger partial charge is 0.497 e. The van der Waals surface area contributed by atoms with Crippen molar-refractivity contribution in [2.45, 2.75) is 6.92 Å². The zero-order valence-corrected chi connectivity index (χ0v) is 17.0. The minimum absolute atomic E-state index is 0.683. The highest BCUT2D eigenvalue weighted by Gasteiger charge is 2.13. The van der Waals surface area contributed by atoms with Gasteiger partial charge in [-0.2, -0.15) is 0 Å². The van der Waals surface area contributed by atoms with Gasteiger partial charge in [0.2, 0.25) is 0 Å². The molecule has 4 heteroatoms. The SMILES string of the molecule is COc1ccc(-c2nc(-c3ccc(OC)c(OC)c3)cc3cc(C)ccc23)cc1.